The Labute approximate surface area is 529 Å². The third-order valence-electron chi connectivity index (χ3n) is 19.9. The third kappa shape index (κ3) is 8.07. The maximum atomic E-state index is 15.9. The molecule has 0 spiro atoms. The van der Waals surface area contributed by atoms with Gasteiger partial charge in [-0.15, -0.1) is 0 Å². The van der Waals surface area contributed by atoms with Crippen molar-refractivity contribution in [3.8, 4) is 111 Å². The first kappa shape index (κ1) is 56.2. The Hall–Kier alpha value is -10.6. The molecule has 0 aliphatic carbocycles. The zero-order chi connectivity index (χ0) is 64.2. The summed E-state index contributed by atoms with van der Waals surface area (Å²) in [7, 11) is 0. The maximum Gasteiger partial charge on any atom is 0.416 e. The molecule has 0 saturated heterocycles. The number of halogens is 12. The minimum absolute atomic E-state index is 0.00250. The monoisotopic (exact) mass is 1250 g/mol. The van der Waals surface area contributed by atoms with Gasteiger partial charge in [-0.3, -0.25) is 0 Å². The van der Waals surface area contributed by atoms with E-state index in [4.69, 9.17) is 0 Å². The molecule has 0 aromatic heterocycles. The predicted octanol–water partition coefficient (Wildman–Crippen LogP) is 19.6. The molecular weight excluding hydrogens is 1210 g/mol. The molecule has 14 aromatic rings. The van der Waals surface area contributed by atoms with Gasteiger partial charge in [-0.2, -0.15) is 52.7 Å². The number of benzene rings is 14. The van der Waals surface area contributed by atoms with Crippen molar-refractivity contribution in [2.75, 3.05) is 0 Å². The van der Waals surface area contributed by atoms with Gasteiger partial charge in [0.05, 0.1) is 22.3 Å². The van der Waals surface area contributed by atoms with E-state index in [2.05, 4.69) is 0 Å². The molecule has 0 unspecified atom stereocenters. The lowest BCUT2D eigenvalue weighted by molar-refractivity contribution is -0.138. The lowest BCUT2D eigenvalue weighted by Crippen LogP contribution is -2.53. The van der Waals surface area contributed by atoms with E-state index in [0.717, 1.165) is 93.0 Å². The fourth-order valence-corrected chi connectivity index (χ4v) is 16.2. The Morgan fingerprint density at radius 3 is 0.787 bits per heavy atom. The van der Waals surface area contributed by atoms with Crippen molar-refractivity contribution >= 4 is 78.5 Å². The van der Waals surface area contributed by atoms with Crippen molar-refractivity contribution in [1.82, 2.24) is 0 Å². The molecule has 14 heteroatoms. The molecule has 0 amide bonds. The van der Waals surface area contributed by atoms with Crippen LogP contribution in [0.3, 0.4) is 0 Å². The second-order valence-electron chi connectivity index (χ2n) is 24.8. The summed E-state index contributed by atoms with van der Waals surface area (Å²) in [5.41, 5.74) is 7.87. The summed E-state index contributed by atoms with van der Waals surface area (Å²) in [5.74, 6) is 0. The van der Waals surface area contributed by atoms with Gasteiger partial charge < -0.3 is 0 Å². The lowest BCUT2D eigenvalue weighted by atomic mass is 9.34. The van der Waals surface area contributed by atoms with Gasteiger partial charge in [-0.05, 0) is 192 Å². The number of alkyl halides is 12. The second-order valence-corrected chi connectivity index (χ2v) is 24.8. The predicted molar refractivity (Wildman–Crippen MR) is 354 cm³/mol. The van der Waals surface area contributed by atoms with Crippen molar-refractivity contribution in [2.24, 2.45) is 0 Å². The smallest absolute Gasteiger partial charge is 0.166 e. The summed E-state index contributed by atoms with van der Waals surface area (Å²) < 4.78 is 186. The molecule has 94 heavy (non-hydrogen) atoms. The number of hydrogen-bond acceptors (Lipinski definition) is 0. The molecule has 450 valence electrons. The molecule has 4 aliphatic heterocycles. The van der Waals surface area contributed by atoms with Crippen molar-refractivity contribution in [3.05, 3.63) is 265 Å². The highest BCUT2D eigenvalue weighted by molar-refractivity contribution is 7.03. The van der Waals surface area contributed by atoms with Gasteiger partial charge >= 0.3 is 24.7 Å². The van der Waals surface area contributed by atoms with Crippen LogP contribution in [0.4, 0.5) is 52.7 Å². The average molecular weight is 1250 g/mol. The van der Waals surface area contributed by atoms with Crippen LogP contribution in [0.15, 0.2) is 243 Å². The average Bonchev–Trinajstić information content (AvgIpc) is 1.05. The highest BCUT2D eigenvalue weighted by Crippen LogP contribution is 2.56. The van der Waals surface area contributed by atoms with E-state index in [1.54, 1.807) is 0 Å². The zero-order valence-corrected chi connectivity index (χ0v) is 48.8. The largest absolute Gasteiger partial charge is 0.416 e. The third-order valence-corrected chi connectivity index (χ3v) is 19.9. The van der Waals surface area contributed by atoms with Crippen LogP contribution < -0.4 is 32.8 Å². The van der Waals surface area contributed by atoms with E-state index in [1.807, 2.05) is 182 Å². The topological polar surface area (TPSA) is 0 Å². The Kier molecular flexibility index (Phi) is 11.6. The summed E-state index contributed by atoms with van der Waals surface area (Å²) in [6.07, 6.45) is -19.7. The summed E-state index contributed by atoms with van der Waals surface area (Å²) >= 11 is 0. The fraction of sp³-hybridized carbons (Fsp3) is 0.0500. The minimum Gasteiger partial charge on any atom is -0.166 e. The summed E-state index contributed by atoms with van der Waals surface area (Å²) in [5, 5.41) is 3.21. The van der Waals surface area contributed by atoms with Gasteiger partial charge in [0.15, 0.2) is 0 Å². The SMILES string of the molecule is FC(F)(F)c1ccc2c(c1)-c1cc(C(F)(F)F)cc3c1B2c1cc2c(-c4c(-c5ccccc5)cccc4-c4ccccc4)cc4c5c(cc6c(-c7c(-c8ccccc8)cccc7-c7ccccc7)cc-3c1c6c25)B1c2ccc(C(F)(F)F)cc2-c2cc(C(F)(F)F)cc-4c21. The first-order valence-electron chi connectivity index (χ1n) is 30.5. The summed E-state index contributed by atoms with van der Waals surface area (Å²) in [6, 6.07) is 68.5. The molecule has 4 heterocycles. The summed E-state index contributed by atoms with van der Waals surface area (Å²) in [4.78, 5) is 0. The first-order chi connectivity index (χ1) is 45.2. The van der Waals surface area contributed by atoms with Gasteiger partial charge in [0.1, 0.15) is 0 Å². The van der Waals surface area contributed by atoms with Gasteiger partial charge in [-0.1, -0.05) is 227 Å². The normalized spacial score (nSPS) is 13.5. The van der Waals surface area contributed by atoms with E-state index in [9.17, 15) is 0 Å². The molecule has 0 atom stereocenters. The number of fused-ring (bicyclic) bond motifs is 10. The number of rotatable bonds is 6. The van der Waals surface area contributed by atoms with E-state index < -0.39 is 60.4 Å². The number of hydrogen-bond donors (Lipinski definition) is 0. The Balaban J connectivity index is 1.12. The fourth-order valence-electron chi connectivity index (χ4n) is 16.2. The first-order valence-corrected chi connectivity index (χ1v) is 30.5. The lowest BCUT2D eigenvalue weighted by Gasteiger charge is -2.34. The van der Waals surface area contributed by atoms with E-state index in [0.29, 0.717) is 98.5 Å². The van der Waals surface area contributed by atoms with Crippen LogP contribution in [-0.2, 0) is 24.7 Å². The van der Waals surface area contributed by atoms with Crippen molar-refractivity contribution in [2.45, 2.75) is 24.7 Å². The van der Waals surface area contributed by atoms with Crippen LogP contribution in [0, 0.1) is 0 Å². The molecule has 4 aliphatic rings. The molecule has 0 fully saturated rings. The van der Waals surface area contributed by atoms with Gasteiger partial charge in [0.2, 0.25) is 13.4 Å². The summed E-state index contributed by atoms with van der Waals surface area (Å²) in [6.45, 7) is -1.91. The van der Waals surface area contributed by atoms with Crippen LogP contribution in [0.1, 0.15) is 22.3 Å². The molecule has 0 saturated carbocycles. The Morgan fingerprint density at radius 2 is 0.489 bits per heavy atom. The molecule has 0 N–H and O–H groups in total. The Bertz CT molecular complexity index is 5130. The van der Waals surface area contributed by atoms with Crippen LogP contribution in [0.25, 0.3) is 144 Å². The quantitative estimate of drug-likeness (QED) is 0.0884. The minimum atomic E-state index is -4.99. The van der Waals surface area contributed by atoms with Crippen LogP contribution in [0.5, 0.6) is 0 Å². The molecule has 0 nitrogen and oxygen atoms in total. The molecule has 0 bridgehead atoms. The molecule has 0 radical (unpaired) electrons. The second kappa shape index (κ2) is 19.5. The van der Waals surface area contributed by atoms with Crippen molar-refractivity contribution < 1.29 is 52.7 Å². The van der Waals surface area contributed by atoms with Crippen molar-refractivity contribution in [1.29, 1.82) is 0 Å². The van der Waals surface area contributed by atoms with E-state index in [-0.39, 0.29) is 33.4 Å². The Morgan fingerprint density at radius 1 is 0.202 bits per heavy atom. The van der Waals surface area contributed by atoms with Crippen molar-refractivity contribution in [3.63, 3.8) is 0 Å². The van der Waals surface area contributed by atoms with Gasteiger partial charge in [0.25, 0.3) is 0 Å². The standard InChI is InChI=1S/C80H40B2F12/c83-77(84,85)45-27-29-65-54(32-45)62-34-48(80(92,93)94)36-64-58-38-56(70-51(43-19-9-3-10-20-43)25-14-26-52(70)44-21-11-4-12-22-44)60-40-68-71-57(63-35-47(79(89,90)91)33-61-53-31-46(78(86,87)88)28-30-66(53)82(68)75(61)63)37-55(59-39-67(81(65)76(62)64)72(58)74(60)73(59)71)69-49(41-15-5-1-6-16-41)23-13-24-50(69)42-17-7-2-8-18-42/h1-40H. The maximum absolute atomic E-state index is 15.9. The van der Waals surface area contributed by atoms with Gasteiger partial charge in [-0.25, -0.2) is 0 Å². The molecule has 14 aromatic carbocycles. The zero-order valence-electron chi connectivity index (χ0n) is 48.8. The highest BCUT2D eigenvalue weighted by atomic mass is 19.4. The van der Waals surface area contributed by atoms with Gasteiger partial charge in [0, 0.05) is 0 Å². The van der Waals surface area contributed by atoms with Crippen LogP contribution in [-0.4, -0.2) is 13.4 Å². The van der Waals surface area contributed by atoms with E-state index >= 15 is 52.7 Å². The van der Waals surface area contributed by atoms with Crippen LogP contribution in [0.2, 0.25) is 0 Å². The highest BCUT2D eigenvalue weighted by Gasteiger charge is 2.49. The van der Waals surface area contributed by atoms with Crippen LogP contribution >= 0.6 is 0 Å². The molecular formula is C80H40B2F12. The molecule has 18 rings (SSSR count). The van der Waals surface area contributed by atoms with E-state index in [1.165, 1.54) is 12.1 Å².